The van der Waals surface area contributed by atoms with E-state index in [1.807, 2.05) is 24.3 Å². The zero-order valence-electron chi connectivity index (χ0n) is 13.4. The lowest BCUT2D eigenvalue weighted by Gasteiger charge is -2.08. The molecule has 0 bridgehead atoms. The minimum atomic E-state index is -0.314. The van der Waals surface area contributed by atoms with Crippen LogP contribution in [0.1, 0.15) is 10.4 Å². The molecule has 0 aliphatic heterocycles. The number of aromatic nitrogens is 1. The summed E-state index contributed by atoms with van der Waals surface area (Å²) in [4.78, 5) is 16.6. The third kappa shape index (κ3) is 3.17. The Morgan fingerprint density at radius 2 is 1.85 bits per heavy atom. The van der Waals surface area contributed by atoms with Crippen LogP contribution in [0, 0.1) is 0 Å². The second kappa shape index (κ2) is 6.83. The van der Waals surface area contributed by atoms with Crippen molar-refractivity contribution >= 4 is 45.9 Å². The molecule has 2 aromatic carbocycles. The van der Waals surface area contributed by atoms with Gasteiger partial charge in [0.15, 0.2) is 0 Å². The Kier molecular flexibility index (Phi) is 4.37. The topological polar surface area (TPSA) is 55.1 Å². The highest BCUT2D eigenvalue weighted by molar-refractivity contribution is 6.34. The normalized spacial score (nSPS) is 10.8. The minimum Gasteiger partial charge on any atom is -0.464 e. The van der Waals surface area contributed by atoms with Crippen molar-refractivity contribution in [3.8, 4) is 11.1 Å². The number of anilines is 1. The molecule has 1 amide bonds. The molecule has 26 heavy (non-hydrogen) atoms. The van der Waals surface area contributed by atoms with Crippen molar-refractivity contribution in [2.75, 3.05) is 5.32 Å². The van der Waals surface area contributed by atoms with Crippen LogP contribution in [0.3, 0.4) is 0 Å². The summed E-state index contributed by atoms with van der Waals surface area (Å²) in [7, 11) is 0. The number of carbonyl (C=O) groups is 1. The molecule has 128 valence electrons. The van der Waals surface area contributed by atoms with Gasteiger partial charge in [0, 0.05) is 27.7 Å². The van der Waals surface area contributed by atoms with E-state index in [0.29, 0.717) is 21.4 Å². The highest BCUT2D eigenvalue weighted by Gasteiger charge is 2.12. The molecular formula is C20H12Cl2N2O2. The summed E-state index contributed by atoms with van der Waals surface area (Å²) in [6.45, 7) is 0. The van der Waals surface area contributed by atoms with E-state index in [2.05, 4.69) is 10.3 Å². The summed E-state index contributed by atoms with van der Waals surface area (Å²) in [5.74, 6) is 0.111. The Balaban J connectivity index is 1.59. The number of benzene rings is 2. The fourth-order valence-electron chi connectivity index (χ4n) is 2.66. The van der Waals surface area contributed by atoms with Gasteiger partial charge in [-0.3, -0.25) is 4.79 Å². The molecule has 0 atom stereocenters. The molecule has 0 spiro atoms. The first kappa shape index (κ1) is 16.6. The van der Waals surface area contributed by atoms with Crippen LogP contribution in [0.25, 0.3) is 22.1 Å². The van der Waals surface area contributed by atoms with Crippen molar-refractivity contribution < 1.29 is 9.21 Å². The fourth-order valence-corrected chi connectivity index (χ4v) is 3.16. The van der Waals surface area contributed by atoms with Crippen LogP contribution in [0.4, 0.5) is 5.82 Å². The van der Waals surface area contributed by atoms with Crippen LogP contribution >= 0.6 is 23.2 Å². The molecule has 0 saturated heterocycles. The van der Waals surface area contributed by atoms with Crippen molar-refractivity contribution in [2.24, 2.45) is 0 Å². The number of amides is 1. The van der Waals surface area contributed by atoms with Gasteiger partial charge in [-0.1, -0.05) is 35.3 Å². The molecule has 0 radical (unpaired) electrons. The molecule has 4 rings (SSSR count). The fraction of sp³-hybridized carbons (Fsp3) is 0. The van der Waals surface area contributed by atoms with Crippen molar-refractivity contribution in [3.63, 3.8) is 0 Å². The summed E-state index contributed by atoms with van der Waals surface area (Å²) in [5, 5.41) is 4.67. The lowest BCUT2D eigenvalue weighted by atomic mass is 10.1. The van der Waals surface area contributed by atoms with Gasteiger partial charge in [-0.05, 0) is 42.5 Å². The number of pyridine rings is 1. The Hall–Kier alpha value is -2.82. The van der Waals surface area contributed by atoms with Gasteiger partial charge in [-0.2, -0.15) is 0 Å². The maximum atomic E-state index is 12.3. The van der Waals surface area contributed by atoms with Crippen molar-refractivity contribution in [1.29, 1.82) is 0 Å². The van der Waals surface area contributed by atoms with Crippen LogP contribution in [0.5, 0.6) is 0 Å². The van der Waals surface area contributed by atoms with Gasteiger partial charge in [-0.25, -0.2) is 4.98 Å². The van der Waals surface area contributed by atoms with Gasteiger partial charge < -0.3 is 9.73 Å². The Morgan fingerprint density at radius 3 is 2.62 bits per heavy atom. The first-order chi connectivity index (χ1) is 12.6. The molecule has 2 aromatic heterocycles. The van der Waals surface area contributed by atoms with Gasteiger partial charge in [0.1, 0.15) is 11.4 Å². The SMILES string of the molecule is O=C(Nc1ccc(-c2cc3occc3cc2Cl)cn1)c1ccccc1Cl. The van der Waals surface area contributed by atoms with E-state index < -0.39 is 0 Å². The predicted octanol–water partition coefficient (Wildman–Crippen LogP) is 6.05. The Morgan fingerprint density at radius 1 is 1.00 bits per heavy atom. The average molecular weight is 383 g/mol. The lowest BCUT2D eigenvalue weighted by Crippen LogP contribution is -2.13. The number of halogens is 2. The molecular weight excluding hydrogens is 371 g/mol. The van der Waals surface area contributed by atoms with Crippen molar-refractivity contribution in [2.45, 2.75) is 0 Å². The lowest BCUT2D eigenvalue weighted by molar-refractivity contribution is 0.102. The van der Waals surface area contributed by atoms with E-state index in [0.717, 1.165) is 22.1 Å². The zero-order valence-corrected chi connectivity index (χ0v) is 14.9. The number of rotatable bonds is 3. The monoisotopic (exact) mass is 382 g/mol. The maximum Gasteiger partial charge on any atom is 0.258 e. The quantitative estimate of drug-likeness (QED) is 0.468. The third-order valence-corrected chi connectivity index (χ3v) is 4.62. The number of nitrogens with one attached hydrogen (secondary N) is 1. The van der Waals surface area contributed by atoms with E-state index in [-0.39, 0.29) is 5.91 Å². The molecule has 4 aromatic rings. The summed E-state index contributed by atoms with van der Waals surface area (Å²) in [6, 6.07) is 16.0. The van der Waals surface area contributed by atoms with Crippen LogP contribution < -0.4 is 5.32 Å². The molecule has 0 saturated carbocycles. The molecule has 0 aliphatic rings. The van der Waals surface area contributed by atoms with E-state index >= 15 is 0 Å². The zero-order chi connectivity index (χ0) is 18.1. The first-order valence-electron chi connectivity index (χ1n) is 7.81. The van der Waals surface area contributed by atoms with E-state index in [1.54, 1.807) is 42.8 Å². The van der Waals surface area contributed by atoms with E-state index in [4.69, 9.17) is 27.6 Å². The standard InChI is InChI=1S/C20H12Cl2N2O2/c21-16-4-2-1-3-14(16)20(25)24-19-6-5-13(11-23-19)15-10-18-12(7-8-26-18)9-17(15)22/h1-11H,(H,23,24,25). The first-order valence-corrected chi connectivity index (χ1v) is 8.56. The molecule has 1 N–H and O–H groups in total. The molecule has 0 fully saturated rings. The molecule has 4 nitrogen and oxygen atoms in total. The summed E-state index contributed by atoms with van der Waals surface area (Å²) in [6.07, 6.45) is 3.27. The van der Waals surface area contributed by atoms with Gasteiger partial charge in [-0.15, -0.1) is 0 Å². The van der Waals surface area contributed by atoms with Crippen molar-refractivity contribution in [1.82, 2.24) is 4.98 Å². The summed E-state index contributed by atoms with van der Waals surface area (Å²) in [5.41, 5.74) is 2.78. The van der Waals surface area contributed by atoms with Gasteiger partial charge >= 0.3 is 0 Å². The molecule has 0 aliphatic carbocycles. The largest absolute Gasteiger partial charge is 0.464 e. The van der Waals surface area contributed by atoms with Crippen LogP contribution in [-0.2, 0) is 0 Å². The Labute approximate surface area is 159 Å². The van der Waals surface area contributed by atoms with Crippen LogP contribution in [0.2, 0.25) is 10.0 Å². The van der Waals surface area contributed by atoms with Crippen LogP contribution in [0.15, 0.2) is 71.5 Å². The van der Waals surface area contributed by atoms with Gasteiger partial charge in [0.2, 0.25) is 0 Å². The smallest absolute Gasteiger partial charge is 0.258 e. The third-order valence-electron chi connectivity index (χ3n) is 3.98. The maximum absolute atomic E-state index is 12.3. The number of hydrogen-bond acceptors (Lipinski definition) is 3. The second-order valence-corrected chi connectivity index (χ2v) is 6.47. The number of fused-ring (bicyclic) bond motifs is 1. The highest BCUT2D eigenvalue weighted by atomic mass is 35.5. The van der Waals surface area contributed by atoms with E-state index in [1.165, 1.54) is 0 Å². The molecule has 6 heteroatoms. The predicted molar refractivity (Wildman–Crippen MR) is 104 cm³/mol. The number of hydrogen-bond donors (Lipinski definition) is 1. The van der Waals surface area contributed by atoms with Gasteiger partial charge in [0.25, 0.3) is 5.91 Å². The minimum absolute atomic E-state index is 0.314. The van der Waals surface area contributed by atoms with Crippen molar-refractivity contribution in [3.05, 3.63) is 82.7 Å². The van der Waals surface area contributed by atoms with Crippen LogP contribution in [-0.4, -0.2) is 10.9 Å². The molecule has 2 heterocycles. The Bertz CT molecular complexity index is 1100. The summed E-state index contributed by atoms with van der Waals surface area (Å²) < 4.78 is 5.42. The second-order valence-electron chi connectivity index (χ2n) is 5.66. The highest BCUT2D eigenvalue weighted by Crippen LogP contribution is 2.32. The molecule has 0 unspecified atom stereocenters. The summed E-state index contributed by atoms with van der Waals surface area (Å²) >= 11 is 12.4. The average Bonchev–Trinajstić information content (AvgIpc) is 3.09. The van der Waals surface area contributed by atoms with E-state index in [9.17, 15) is 4.79 Å². The number of furan rings is 1. The van der Waals surface area contributed by atoms with Gasteiger partial charge in [0.05, 0.1) is 16.8 Å². The number of carbonyl (C=O) groups excluding carboxylic acids is 1. The number of nitrogens with zero attached hydrogens (tertiary/aromatic N) is 1.